The van der Waals surface area contributed by atoms with E-state index in [9.17, 15) is 9.59 Å². The van der Waals surface area contributed by atoms with E-state index in [1.165, 1.54) is 6.07 Å². The number of carbonyl (C=O) groups excluding carboxylic acids is 2. The Labute approximate surface area is 209 Å². The lowest BCUT2D eigenvalue weighted by Gasteiger charge is -2.49. The lowest BCUT2D eigenvalue weighted by atomic mass is 9.91. The van der Waals surface area contributed by atoms with Gasteiger partial charge in [0.1, 0.15) is 5.82 Å². The number of nitrogens with zero attached hydrogens (tertiary/aromatic N) is 4. The monoisotopic (exact) mass is 498 g/mol. The predicted octanol–water partition coefficient (Wildman–Crippen LogP) is 2.99. The van der Waals surface area contributed by atoms with Crippen molar-refractivity contribution >= 4 is 35.3 Å². The topological polar surface area (TPSA) is 65.5 Å². The molecule has 3 aliphatic heterocycles. The van der Waals surface area contributed by atoms with E-state index < -0.39 is 11.4 Å². The second kappa shape index (κ2) is 9.59. The Bertz CT molecular complexity index is 1150. The third-order valence-corrected chi connectivity index (χ3v) is 7.41. The summed E-state index contributed by atoms with van der Waals surface area (Å²) in [4.78, 5) is 36.0. The summed E-state index contributed by atoms with van der Waals surface area (Å²) in [5.74, 6) is -0.533. The summed E-state index contributed by atoms with van der Waals surface area (Å²) in [6.45, 7) is 2.78. The van der Waals surface area contributed by atoms with Gasteiger partial charge in [-0.05, 0) is 41.8 Å². The van der Waals surface area contributed by atoms with Gasteiger partial charge in [-0.15, -0.1) is 0 Å². The molecular formula is C26H28ClFN4O3. The Kier molecular flexibility index (Phi) is 6.51. The maximum absolute atomic E-state index is 15.1. The molecule has 7 nitrogen and oxygen atoms in total. The van der Waals surface area contributed by atoms with Crippen LogP contribution in [0.25, 0.3) is 0 Å². The standard InChI is InChI=1S/C26H28ClFN4O3/c1-29-11-19-4-7-23(22(28)10-19)31-13-24(33)32(12-18-2-5-21(27)6-3-18)26(17-31)8-9-30(16-26)25(34)20-14-35-15-20/h2-7,10-11,20H,8-9,12-17H2,1H3/b29-11-/t26-/m1/s1. The highest BCUT2D eigenvalue weighted by molar-refractivity contribution is 6.30. The third kappa shape index (κ3) is 4.65. The van der Waals surface area contributed by atoms with Crippen LogP contribution in [0.4, 0.5) is 10.1 Å². The number of aliphatic imine (C=N–C) groups is 1. The van der Waals surface area contributed by atoms with E-state index in [2.05, 4.69) is 4.99 Å². The summed E-state index contributed by atoms with van der Waals surface area (Å²) in [6.07, 6.45) is 2.22. The van der Waals surface area contributed by atoms with Crippen LogP contribution in [0.2, 0.25) is 5.02 Å². The van der Waals surface area contributed by atoms with E-state index in [1.54, 1.807) is 25.4 Å². The molecule has 184 valence electrons. The molecule has 3 fully saturated rings. The van der Waals surface area contributed by atoms with Crippen molar-refractivity contribution < 1.29 is 18.7 Å². The second-order valence-electron chi connectivity index (χ2n) is 9.53. The van der Waals surface area contributed by atoms with Crippen molar-refractivity contribution in [2.75, 3.05) is 51.3 Å². The summed E-state index contributed by atoms with van der Waals surface area (Å²) in [6, 6.07) is 12.4. The Morgan fingerprint density at radius 3 is 2.66 bits per heavy atom. The van der Waals surface area contributed by atoms with Gasteiger partial charge in [0.15, 0.2) is 0 Å². The van der Waals surface area contributed by atoms with Gasteiger partial charge in [-0.25, -0.2) is 4.39 Å². The minimum atomic E-state index is -0.620. The predicted molar refractivity (Wildman–Crippen MR) is 132 cm³/mol. The maximum atomic E-state index is 15.1. The van der Waals surface area contributed by atoms with E-state index in [4.69, 9.17) is 16.3 Å². The van der Waals surface area contributed by atoms with Gasteiger partial charge in [-0.1, -0.05) is 29.8 Å². The number of ether oxygens (including phenoxy) is 1. The van der Waals surface area contributed by atoms with E-state index in [1.807, 2.05) is 39.0 Å². The SMILES string of the molecule is C/N=C\c1ccc(N2CC(=O)N(Cc3ccc(Cl)cc3)[C@@]3(CCN(C(=O)C4COC4)C3)C2)c(F)c1. The molecular weight excluding hydrogens is 471 g/mol. The summed E-state index contributed by atoms with van der Waals surface area (Å²) in [5.41, 5.74) is 1.39. The van der Waals surface area contributed by atoms with Crippen LogP contribution in [0.3, 0.4) is 0 Å². The maximum Gasteiger partial charge on any atom is 0.242 e. The number of amides is 2. The Hall–Kier alpha value is -2.97. The number of likely N-dealkylation sites (tertiary alicyclic amines) is 1. The van der Waals surface area contributed by atoms with Crippen molar-refractivity contribution in [3.63, 3.8) is 0 Å². The molecule has 3 saturated heterocycles. The fourth-order valence-corrected chi connectivity index (χ4v) is 5.37. The summed E-state index contributed by atoms with van der Waals surface area (Å²) in [7, 11) is 1.64. The number of hydrogen-bond donors (Lipinski definition) is 0. The lowest BCUT2D eigenvalue weighted by Crippen LogP contribution is -2.66. The van der Waals surface area contributed by atoms with Crippen molar-refractivity contribution in [2.24, 2.45) is 10.9 Å². The van der Waals surface area contributed by atoms with Gasteiger partial charge in [-0.3, -0.25) is 14.6 Å². The fraction of sp³-hybridized carbons (Fsp3) is 0.423. The average Bonchev–Trinajstić information content (AvgIpc) is 3.21. The molecule has 3 heterocycles. The quantitative estimate of drug-likeness (QED) is 0.594. The van der Waals surface area contributed by atoms with Gasteiger partial charge in [0.05, 0.1) is 36.9 Å². The fourth-order valence-electron chi connectivity index (χ4n) is 5.25. The molecule has 2 aromatic rings. The van der Waals surface area contributed by atoms with Crippen molar-refractivity contribution in [3.8, 4) is 0 Å². The first-order valence-corrected chi connectivity index (χ1v) is 12.1. The zero-order valence-corrected chi connectivity index (χ0v) is 20.4. The van der Waals surface area contributed by atoms with Gasteiger partial charge in [0, 0.05) is 44.5 Å². The molecule has 5 rings (SSSR count). The van der Waals surface area contributed by atoms with Crippen LogP contribution in [0, 0.1) is 11.7 Å². The van der Waals surface area contributed by atoms with Crippen LogP contribution in [0.1, 0.15) is 17.5 Å². The van der Waals surface area contributed by atoms with Crippen LogP contribution in [-0.4, -0.2) is 79.8 Å². The molecule has 0 N–H and O–H groups in total. The number of carbonyl (C=O) groups is 2. The van der Waals surface area contributed by atoms with Crippen molar-refractivity contribution in [1.82, 2.24) is 9.80 Å². The molecule has 0 aromatic heterocycles. The van der Waals surface area contributed by atoms with Crippen molar-refractivity contribution in [1.29, 1.82) is 0 Å². The minimum absolute atomic E-state index is 0.0673. The molecule has 35 heavy (non-hydrogen) atoms. The first kappa shape index (κ1) is 23.8. The number of piperazine rings is 1. The van der Waals surface area contributed by atoms with Crippen LogP contribution in [0.5, 0.6) is 0 Å². The minimum Gasteiger partial charge on any atom is -0.380 e. The zero-order chi connectivity index (χ0) is 24.6. The highest BCUT2D eigenvalue weighted by Crippen LogP contribution is 2.37. The number of halogens is 2. The van der Waals surface area contributed by atoms with E-state index in [0.717, 1.165) is 5.56 Å². The highest BCUT2D eigenvalue weighted by Gasteiger charge is 2.51. The molecule has 1 spiro atoms. The molecule has 0 unspecified atom stereocenters. The molecule has 1 atom stereocenters. The van der Waals surface area contributed by atoms with Crippen LogP contribution in [-0.2, 0) is 20.9 Å². The molecule has 2 aromatic carbocycles. The molecule has 0 saturated carbocycles. The average molecular weight is 499 g/mol. The highest BCUT2D eigenvalue weighted by atomic mass is 35.5. The van der Waals surface area contributed by atoms with E-state index >= 15 is 4.39 Å². The van der Waals surface area contributed by atoms with Gasteiger partial charge in [-0.2, -0.15) is 0 Å². The number of anilines is 1. The molecule has 0 radical (unpaired) electrons. The molecule has 2 amide bonds. The molecule has 3 aliphatic rings. The number of benzene rings is 2. The molecule has 9 heteroatoms. The second-order valence-corrected chi connectivity index (χ2v) is 9.97. The van der Waals surface area contributed by atoms with Gasteiger partial charge < -0.3 is 19.4 Å². The van der Waals surface area contributed by atoms with E-state index in [-0.39, 0.29) is 24.3 Å². The third-order valence-electron chi connectivity index (χ3n) is 7.16. The first-order chi connectivity index (χ1) is 16.9. The largest absolute Gasteiger partial charge is 0.380 e. The number of hydrogen-bond acceptors (Lipinski definition) is 5. The smallest absolute Gasteiger partial charge is 0.242 e. The van der Waals surface area contributed by atoms with Crippen LogP contribution in [0.15, 0.2) is 47.5 Å². The van der Waals surface area contributed by atoms with Crippen molar-refractivity contribution in [2.45, 2.75) is 18.5 Å². The van der Waals surface area contributed by atoms with Crippen LogP contribution >= 0.6 is 11.6 Å². The number of rotatable bonds is 5. The van der Waals surface area contributed by atoms with Crippen molar-refractivity contribution in [3.05, 3.63) is 64.4 Å². The lowest BCUT2D eigenvalue weighted by molar-refractivity contribution is -0.150. The van der Waals surface area contributed by atoms with E-state index in [0.29, 0.717) is 62.1 Å². The van der Waals surface area contributed by atoms with Gasteiger partial charge in [0.2, 0.25) is 11.8 Å². The Morgan fingerprint density at radius 1 is 1.23 bits per heavy atom. The summed E-state index contributed by atoms with van der Waals surface area (Å²) >= 11 is 6.05. The van der Waals surface area contributed by atoms with Crippen LogP contribution < -0.4 is 4.90 Å². The Balaban J connectivity index is 1.45. The van der Waals surface area contributed by atoms with Gasteiger partial charge >= 0.3 is 0 Å². The zero-order valence-electron chi connectivity index (χ0n) is 19.6. The normalized spacial score (nSPS) is 22.9. The van der Waals surface area contributed by atoms with Gasteiger partial charge in [0.25, 0.3) is 0 Å². The molecule has 0 aliphatic carbocycles. The summed E-state index contributed by atoms with van der Waals surface area (Å²) < 4.78 is 20.3. The Morgan fingerprint density at radius 2 is 2.00 bits per heavy atom. The molecule has 0 bridgehead atoms. The summed E-state index contributed by atoms with van der Waals surface area (Å²) in [5, 5.41) is 0.631. The first-order valence-electron chi connectivity index (χ1n) is 11.8.